The van der Waals surface area contributed by atoms with Gasteiger partial charge in [0.2, 0.25) is 5.91 Å². The highest BCUT2D eigenvalue weighted by molar-refractivity contribution is 5.87. The SMILES string of the molecule is CCCNC(=O)[C@H](C)NC(=O)C[NH+]1CC[NH+](Cc2ccc(C(C)C)cc2)CC1. The minimum atomic E-state index is -0.473. The lowest BCUT2D eigenvalue weighted by Crippen LogP contribution is -3.28. The van der Waals surface area contributed by atoms with E-state index in [1.807, 2.05) is 6.92 Å². The highest BCUT2D eigenvalue weighted by atomic mass is 16.2. The molecule has 2 rings (SSSR count). The Morgan fingerprint density at radius 3 is 2.18 bits per heavy atom. The summed E-state index contributed by atoms with van der Waals surface area (Å²) in [4.78, 5) is 27.0. The first-order chi connectivity index (χ1) is 13.4. The van der Waals surface area contributed by atoms with Crippen LogP contribution in [-0.2, 0) is 16.1 Å². The first-order valence-electron chi connectivity index (χ1n) is 10.7. The fourth-order valence-corrected chi connectivity index (χ4v) is 3.61. The summed E-state index contributed by atoms with van der Waals surface area (Å²) < 4.78 is 0. The van der Waals surface area contributed by atoms with Crippen molar-refractivity contribution in [3.63, 3.8) is 0 Å². The van der Waals surface area contributed by atoms with E-state index in [4.69, 9.17) is 0 Å². The number of carbonyl (C=O) groups excluding carboxylic acids is 2. The summed E-state index contributed by atoms with van der Waals surface area (Å²) in [6, 6.07) is 8.51. The zero-order valence-electron chi connectivity index (χ0n) is 17.9. The van der Waals surface area contributed by atoms with Crippen LogP contribution in [0, 0.1) is 0 Å². The third-order valence-corrected chi connectivity index (χ3v) is 5.50. The third kappa shape index (κ3) is 7.24. The van der Waals surface area contributed by atoms with Gasteiger partial charge in [-0.2, -0.15) is 0 Å². The van der Waals surface area contributed by atoms with Crippen LogP contribution in [0.15, 0.2) is 24.3 Å². The second kappa shape index (κ2) is 11.2. The van der Waals surface area contributed by atoms with Gasteiger partial charge in [-0.05, 0) is 24.8 Å². The van der Waals surface area contributed by atoms with Crippen molar-refractivity contribution < 1.29 is 19.4 Å². The average molecular weight is 391 g/mol. The van der Waals surface area contributed by atoms with Crippen LogP contribution in [0.1, 0.15) is 51.2 Å². The van der Waals surface area contributed by atoms with Crippen molar-refractivity contribution >= 4 is 11.8 Å². The molecule has 1 atom stereocenters. The molecule has 0 bridgehead atoms. The molecule has 0 saturated carbocycles. The molecule has 156 valence electrons. The van der Waals surface area contributed by atoms with E-state index >= 15 is 0 Å². The Labute approximate surface area is 169 Å². The molecule has 1 fully saturated rings. The smallest absolute Gasteiger partial charge is 0.275 e. The van der Waals surface area contributed by atoms with Crippen LogP contribution >= 0.6 is 0 Å². The van der Waals surface area contributed by atoms with Crippen LogP contribution in [0.5, 0.6) is 0 Å². The Balaban J connectivity index is 1.70. The molecule has 0 spiro atoms. The lowest BCUT2D eigenvalue weighted by Gasteiger charge is -2.29. The molecule has 1 saturated heterocycles. The molecule has 0 radical (unpaired) electrons. The van der Waals surface area contributed by atoms with Gasteiger partial charge in [-0.25, -0.2) is 0 Å². The van der Waals surface area contributed by atoms with Crippen molar-refractivity contribution in [1.29, 1.82) is 0 Å². The molecule has 6 nitrogen and oxygen atoms in total. The molecule has 2 amide bonds. The third-order valence-electron chi connectivity index (χ3n) is 5.50. The number of rotatable bonds is 9. The molecule has 1 aliphatic heterocycles. The van der Waals surface area contributed by atoms with Gasteiger partial charge in [0.25, 0.3) is 5.91 Å². The molecular formula is C22H38N4O2+2. The fraction of sp³-hybridized carbons (Fsp3) is 0.636. The maximum absolute atomic E-state index is 12.2. The lowest BCUT2D eigenvalue weighted by molar-refractivity contribution is -1.02. The largest absolute Gasteiger partial charge is 0.354 e. The van der Waals surface area contributed by atoms with E-state index in [1.54, 1.807) is 11.8 Å². The van der Waals surface area contributed by atoms with Gasteiger partial charge in [-0.15, -0.1) is 0 Å². The van der Waals surface area contributed by atoms with Crippen molar-refractivity contribution in [1.82, 2.24) is 10.6 Å². The number of nitrogens with one attached hydrogen (secondary N) is 4. The molecule has 4 N–H and O–H groups in total. The first kappa shape index (κ1) is 22.4. The summed E-state index contributed by atoms with van der Waals surface area (Å²) in [5.74, 6) is 0.421. The van der Waals surface area contributed by atoms with E-state index in [0.717, 1.165) is 39.1 Å². The number of quaternary nitrogens is 2. The van der Waals surface area contributed by atoms with Gasteiger partial charge in [0, 0.05) is 12.1 Å². The second-order valence-electron chi connectivity index (χ2n) is 8.33. The monoisotopic (exact) mass is 390 g/mol. The summed E-state index contributed by atoms with van der Waals surface area (Å²) in [7, 11) is 0. The Bertz CT molecular complexity index is 622. The van der Waals surface area contributed by atoms with Crippen LogP contribution < -0.4 is 20.4 Å². The molecule has 28 heavy (non-hydrogen) atoms. The minimum Gasteiger partial charge on any atom is -0.354 e. The van der Waals surface area contributed by atoms with Crippen molar-refractivity contribution in [3.8, 4) is 0 Å². The maximum atomic E-state index is 12.2. The van der Waals surface area contributed by atoms with E-state index < -0.39 is 6.04 Å². The quantitative estimate of drug-likeness (QED) is 0.443. The van der Waals surface area contributed by atoms with Crippen molar-refractivity contribution in [2.75, 3.05) is 39.3 Å². The fourth-order valence-electron chi connectivity index (χ4n) is 3.61. The van der Waals surface area contributed by atoms with Crippen molar-refractivity contribution in [2.24, 2.45) is 0 Å². The number of hydrogen-bond acceptors (Lipinski definition) is 2. The highest BCUT2D eigenvalue weighted by Crippen LogP contribution is 2.14. The second-order valence-corrected chi connectivity index (χ2v) is 8.33. The summed E-state index contributed by atoms with van der Waals surface area (Å²) in [5.41, 5.74) is 2.77. The van der Waals surface area contributed by atoms with Gasteiger partial charge in [-0.1, -0.05) is 45.0 Å². The highest BCUT2D eigenvalue weighted by Gasteiger charge is 2.26. The Morgan fingerprint density at radius 2 is 1.61 bits per heavy atom. The van der Waals surface area contributed by atoms with Gasteiger partial charge >= 0.3 is 0 Å². The molecule has 0 aromatic heterocycles. The van der Waals surface area contributed by atoms with Gasteiger partial charge in [-0.3, -0.25) is 9.59 Å². The van der Waals surface area contributed by atoms with E-state index in [2.05, 4.69) is 48.7 Å². The van der Waals surface area contributed by atoms with Crippen LogP contribution in [0.4, 0.5) is 0 Å². The summed E-state index contributed by atoms with van der Waals surface area (Å²) in [6.45, 7) is 14.5. The Hall–Kier alpha value is -1.92. The topological polar surface area (TPSA) is 67.1 Å². The number of carbonyl (C=O) groups is 2. The molecule has 1 aromatic carbocycles. The molecule has 1 heterocycles. The zero-order chi connectivity index (χ0) is 20.5. The van der Waals surface area contributed by atoms with E-state index in [-0.39, 0.29) is 11.8 Å². The van der Waals surface area contributed by atoms with Crippen LogP contribution in [0.3, 0.4) is 0 Å². The summed E-state index contributed by atoms with van der Waals surface area (Å²) >= 11 is 0. The predicted octanol–water partition coefficient (Wildman–Crippen LogP) is -0.876. The molecule has 0 aliphatic carbocycles. The predicted molar refractivity (Wildman–Crippen MR) is 111 cm³/mol. The van der Waals surface area contributed by atoms with Gasteiger partial charge < -0.3 is 20.4 Å². The summed E-state index contributed by atoms with van der Waals surface area (Å²) in [5, 5.41) is 5.64. The van der Waals surface area contributed by atoms with E-state index in [9.17, 15) is 9.59 Å². The molecular weight excluding hydrogens is 352 g/mol. The van der Waals surface area contributed by atoms with Crippen LogP contribution in [0.2, 0.25) is 0 Å². The number of piperazine rings is 1. The molecule has 1 aromatic rings. The number of benzene rings is 1. The molecule has 0 unspecified atom stereocenters. The summed E-state index contributed by atoms with van der Waals surface area (Å²) in [6.07, 6.45) is 0.894. The standard InChI is InChI=1S/C22H36N4O2/c1-5-10-23-22(28)18(4)24-21(27)16-26-13-11-25(12-14-26)15-19-6-8-20(9-7-19)17(2)3/h6-9,17-18H,5,10-16H2,1-4H3,(H,23,28)(H,24,27)/p+2/t18-/m0/s1. The Morgan fingerprint density at radius 1 is 1.00 bits per heavy atom. The van der Waals surface area contributed by atoms with Crippen LogP contribution in [0.25, 0.3) is 0 Å². The van der Waals surface area contributed by atoms with Gasteiger partial charge in [0.05, 0.1) is 0 Å². The van der Waals surface area contributed by atoms with Crippen molar-refractivity contribution in [2.45, 2.75) is 52.6 Å². The normalized spacial score (nSPS) is 20.6. The van der Waals surface area contributed by atoms with Crippen molar-refractivity contribution in [3.05, 3.63) is 35.4 Å². The Kier molecular flexibility index (Phi) is 8.93. The van der Waals surface area contributed by atoms with Gasteiger partial charge in [0.1, 0.15) is 38.8 Å². The van der Waals surface area contributed by atoms with E-state index in [1.165, 1.54) is 16.0 Å². The number of amides is 2. The van der Waals surface area contributed by atoms with Crippen LogP contribution in [-0.4, -0.2) is 57.1 Å². The molecule has 1 aliphatic rings. The minimum absolute atomic E-state index is 0.0399. The van der Waals surface area contributed by atoms with Gasteiger partial charge in [0.15, 0.2) is 6.54 Å². The number of hydrogen-bond donors (Lipinski definition) is 4. The maximum Gasteiger partial charge on any atom is 0.275 e. The molecule has 6 heteroatoms. The first-order valence-corrected chi connectivity index (χ1v) is 10.7. The van der Waals surface area contributed by atoms with E-state index in [0.29, 0.717) is 19.0 Å². The zero-order valence-corrected chi connectivity index (χ0v) is 17.9. The average Bonchev–Trinajstić information content (AvgIpc) is 2.67. The lowest BCUT2D eigenvalue weighted by atomic mass is 10.0.